The lowest BCUT2D eigenvalue weighted by Gasteiger charge is -2.24. The van der Waals surface area contributed by atoms with Crippen molar-refractivity contribution in [2.75, 3.05) is 31.1 Å². The van der Waals surface area contributed by atoms with E-state index in [9.17, 15) is 0 Å². The van der Waals surface area contributed by atoms with Crippen LogP contribution in [-0.4, -0.2) is 42.1 Å². The van der Waals surface area contributed by atoms with Crippen LogP contribution < -0.4 is 4.90 Å². The molecule has 3 heterocycles. The van der Waals surface area contributed by atoms with E-state index in [1.807, 2.05) is 19.1 Å². The van der Waals surface area contributed by atoms with Crippen molar-refractivity contribution in [3.8, 4) is 6.07 Å². The molecule has 0 spiro atoms. The molecule has 2 aliphatic rings. The van der Waals surface area contributed by atoms with Crippen LogP contribution >= 0.6 is 0 Å². The Kier molecular flexibility index (Phi) is 3.39. The lowest BCUT2D eigenvalue weighted by atomic mass is 10.2. The van der Waals surface area contributed by atoms with Crippen molar-refractivity contribution in [3.05, 3.63) is 23.4 Å². The SMILES string of the molecule is Cc1cc(C#N)cc(N2CCC(N3CCCC3)C2)n1. The number of nitriles is 1. The summed E-state index contributed by atoms with van der Waals surface area (Å²) >= 11 is 0. The standard InChI is InChI=1S/C15H20N4/c1-12-8-13(10-16)9-15(17-12)19-7-4-14(11-19)18-5-2-3-6-18/h8-9,14H,2-7,11H2,1H3. The molecule has 2 aliphatic heterocycles. The van der Waals surface area contributed by atoms with Crippen LogP contribution in [0.4, 0.5) is 5.82 Å². The topological polar surface area (TPSA) is 43.2 Å². The molecule has 2 fully saturated rings. The molecule has 0 amide bonds. The summed E-state index contributed by atoms with van der Waals surface area (Å²) in [5.41, 5.74) is 1.64. The number of hydrogen-bond acceptors (Lipinski definition) is 4. The number of aryl methyl sites for hydroxylation is 1. The van der Waals surface area contributed by atoms with Gasteiger partial charge in [-0.25, -0.2) is 4.98 Å². The molecule has 1 aromatic heterocycles. The van der Waals surface area contributed by atoms with Crippen LogP contribution in [0.5, 0.6) is 0 Å². The van der Waals surface area contributed by atoms with E-state index in [0.29, 0.717) is 11.6 Å². The summed E-state index contributed by atoms with van der Waals surface area (Å²) in [6, 6.07) is 6.66. The van der Waals surface area contributed by atoms with Crippen LogP contribution in [0, 0.1) is 18.3 Å². The highest BCUT2D eigenvalue weighted by molar-refractivity contribution is 5.47. The molecule has 0 radical (unpaired) electrons. The van der Waals surface area contributed by atoms with Crippen LogP contribution in [0.2, 0.25) is 0 Å². The summed E-state index contributed by atoms with van der Waals surface area (Å²) in [5, 5.41) is 9.05. The maximum atomic E-state index is 9.05. The lowest BCUT2D eigenvalue weighted by Crippen LogP contribution is -2.35. The predicted octanol–water partition coefficient (Wildman–Crippen LogP) is 1.94. The summed E-state index contributed by atoms with van der Waals surface area (Å²) in [5.74, 6) is 0.971. The number of pyridine rings is 1. The van der Waals surface area contributed by atoms with E-state index >= 15 is 0 Å². The van der Waals surface area contributed by atoms with Crippen LogP contribution in [0.25, 0.3) is 0 Å². The Morgan fingerprint density at radius 1 is 1.26 bits per heavy atom. The fourth-order valence-corrected chi connectivity index (χ4v) is 3.23. The average molecular weight is 256 g/mol. The van der Waals surface area contributed by atoms with Gasteiger partial charge in [-0.3, -0.25) is 4.90 Å². The van der Waals surface area contributed by atoms with Crippen LogP contribution in [-0.2, 0) is 0 Å². The molecule has 0 bridgehead atoms. The highest BCUT2D eigenvalue weighted by Gasteiger charge is 2.29. The first-order valence-corrected chi connectivity index (χ1v) is 7.14. The van der Waals surface area contributed by atoms with Gasteiger partial charge in [0, 0.05) is 24.8 Å². The third-order valence-electron chi connectivity index (χ3n) is 4.21. The van der Waals surface area contributed by atoms with Crippen molar-refractivity contribution in [2.45, 2.75) is 32.2 Å². The second kappa shape index (κ2) is 5.18. The molecular weight excluding hydrogens is 236 g/mol. The average Bonchev–Trinajstić information content (AvgIpc) is 3.08. The van der Waals surface area contributed by atoms with Crippen molar-refractivity contribution >= 4 is 5.82 Å². The van der Waals surface area contributed by atoms with Crippen LogP contribution in [0.3, 0.4) is 0 Å². The largest absolute Gasteiger partial charge is 0.355 e. The van der Waals surface area contributed by atoms with Gasteiger partial charge in [0.2, 0.25) is 0 Å². The van der Waals surface area contributed by atoms with Gasteiger partial charge in [0.1, 0.15) is 5.82 Å². The third kappa shape index (κ3) is 2.57. The molecule has 0 saturated carbocycles. The van der Waals surface area contributed by atoms with E-state index in [4.69, 9.17) is 5.26 Å². The molecule has 4 heteroatoms. The molecule has 0 aromatic carbocycles. The molecule has 4 nitrogen and oxygen atoms in total. The van der Waals surface area contributed by atoms with Gasteiger partial charge in [0.15, 0.2) is 0 Å². The summed E-state index contributed by atoms with van der Waals surface area (Å²) in [7, 11) is 0. The molecule has 3 rings (SSSR count). The normalized spacial score (nSPS) is 23.8. The molecule has 19 heavy (non-hydrogen) atoms. The van der Waals surface area contributed by atoms with E-state index < -0.39 is 0 Å². The first-order chi connectivity index (χ1) is 9.26. The fraction of sp³-hybridized carbons (Fsp3) is 0.600. The smallest absolute Gasteiger partial charge is 0.130 e. The first kappa shape index (κ1) is 12.4. The molecule has 0 N–H and O–H groups in total. The summed E-state index contributed by atoms with van der Waals surface area (Å²) < 4.78 is 0. The first-order valence-electron chi connectivity index (χ1n) is 7.14. The minimum absolute atomic E-state index is 0.676. The Labute approximate surface area is 114 Å². The Balaban J connectivity index is 1.73. The van der Waals surface area contributed by atoms with E-state index in [1.165, 1.54) is 32.4 Å². The van der Waals surface area contributed by atoms with Gasteiger partial charge in [-0.1, -0.05) is 0 Å². The minimum Gasteiger partial charge on any atom is -0.355 e. The number of hydrogen-bond donors (Lipinski definition) is 0. The fourth-order valence-electron chi connectivity index (χ4n) is 3.23. The van der Waals surface area contributed by atoms with Gasteiger partial charge in [0.05, 0.1) is 11.6 Å². The quantitative estimate of drug-likeness (QED) is 0.811. The van der Waals surface area contributed by atoms with Gasteiger partial charge < -0.3 is 4.90 Å². The highest BCUT2D eigenvalue weighted by atomic mass is 15.3. The Morgan fingerprint density at radius 2 is 2.05 bits per heavy atom. The van der Waals surface area contributed by atoms with Gasteiger partial charge in [0.25, 0.3) is 0 Å². The maximum absolute atomic E-state index is 9.05. The Morgan fingerprint density at radius 3 is 2.79 bits per heavy atom. The van der Waals surface area contributed by atoms with E-state index in [1.54, 1.807) is 0 Å². The lowest BCUT2D eigenvalue weighted by molar-refractivity contribution is 0.260. The second-order valence-corrected chi connectivity index (χ2v) is 5.60. The Bertz CT molecular complexity index is 499. The zero-order chi connectivity index (χ0) is 13.2. The summed E-state index contributed by atoms with van der Waals surface area (Å²) in [6.45, 7) is 6.58. The number of rotatable bonds is 2. The van der Waals surface area contributed by atoms with E-state index in [-0.39, 0.29) is 0 Å². The molecule has 1 aromatic rings. The van der Waals surface area contributed by atoms with E-state index in [2.05, 4.69) is 20.9 Å². The molecule has 0 aliphatic carbocycles. The van der Waals surface area contributed by atoms with Gasteiger partial charge in [-0.15, -0.1) is 0 Å². The van der Waals surface area contributed by atoms with Gasteiger partial charge in [-0.05, 0) is 51.4 Å². The summed E-state index contributed by atoms with van der Waals surface area (Å²) in [4.78, 5) is 9.52. The monoisotopic (exact) mass is 256 g/mol. The van der Waals surface area contributed by atoms with Crippen molar-refractivity contribution in [1.82, 2.24) is 9.88 Å². The highest BCUT2D eigenvalue weighted by Crippen LogP contribution is 2.24. The number of nitrogens with zero attached hydrogens (tertiary/aromatic N) is 4. The molecule has 2 saturated heterocycles. The maximum Gasteiger partial charge on any atom is 0.130 e. The molecule has 100 valence electrons. The molecule has 1 unspecified atom stereocenters. The summed E-state index contributed by atoms with van der Waals surface area (Å²) in [6.07, 6.45) is 3.91. The molecular formula is C15H20N4. The predicted molar refractivity (Wildman–Crippen MR) is 75.1 cm³/mol. The van der Waals surface area contributed by atoms with Crippen molar-refractivity contribution in [1.29, 1.82) is 5.26 Å². The van der Waals surface area contributed by atoms with Crippen molar-refractivity contribution < 1.29 is 0 Å². The van der Waals surface area contributed by atoms with Crippen LogP contribution in [0.1, 0.15) is 30.5 Å². The van der Waals surface area contributed by atoms with E-state index in [0.717, 1.165) is 24.6 Å². The Hall–Kier alpha value is -1.60. The zero-order valence-corrected chi connectivity index (χ0v) is 11.5. The molecule has 1 atom stereocenters. The van der Waals surface area contributed by atoms with Crippen molar-refractivity contribution in [3.63, 3.8) is 0 Å². The number of likely N-dealkylation sites (tertiary alicyclic amines) is 1. The van der Waals surface area contributed by atoms with Gasteiger partial charge in [-0.2, -0.15) is 5.26 Å². The van der Waals surface area contributed by atoms with Crippen LogP contribution in [0.15, 0.2) is 12.1 Å². The van der Waals surface area contributed by atoms with Gasteiger partial charge >= 0.3 is 0 Å². The number of anilines is 1. The zero-order valence-electron chi connectivity index (χ0n) is 11.5. The minimum atomic E-state index is 0.676. The number of aromatic nitrogens is 1. The van der Waals surface area contributed by atoms with Crippen molar-refractivity contribution in [2.24, 2.45) is 0 Å². The third-order valence-corrected chi connectivity index (χ3v) is 4.21. The second-order valence-electron chi connectivity index (χ2n) is 5.60.